The number of carbonyl (C=O) groups excluding carboxylic acids is 1. The highest BCUT2D eigenvalue weighted by atomic mass is 16.1. The van der Waals surface area contributed by atoms with Crippen molar-refractivity contribution in [3.05, 3.63) is 0 Å². The van der Waals surface area contributed by atoms with Gasteiger partial charge in [-0.1, -0.05) is 0 Å². The summed E-state index contributed by atoms with van der Waals surface area (Å²) in [5, 5.41) is 0. The lowest BCUT2D eigenvalue weighted by Gasteiger charge is -2.30. The molecular weight excluding hydrogens is 150 g/mol. The highest BCUT2D eigenvalue weighted by molar-refractivity contribution is 5.78. The molecule has 0 bridgehead atoms. The highest BCUT2D eigenvalue weighted by Crippen LogP contribution is 2.30. The average Bonchev–Trinajstić information content (AvgIpc) is 2.87. The lowest BCUT2D eigenvalue weighted by Crippen LogP contribution is -2.37. The van der Waals surface area contributed by atoms with E-state index in [1.807, 2.05) is 0 Å². The van der Waals surface area contributed by atoms with Gasteiger partial charge in [-0.05, 0) is 45.7 Å². The molecular formula is C10H17NO. The van der Waals surface area contributed by atoms with E-state index in [1.165, 1.54) is 12.8 Å². The molecule has 1 saturated heterocycles. The van der Waals surface area contributed by atoms with Crippen molar-refractivity contribution in [3.8, 4) is 0 Å². The number of rotatable bonds is 2. The Hall–Kier alpha value is -0.370. The van der Waals surface area contributed by atoms with E-state index in [2.05, 4.69) is 4.90 Å². The minimum atomic E-state index is 0.375. The van der Waals surface area contributed by atoms with Gasteiger partial charge >= 0.3 is 0 Å². The van der Waals surface area contributed by atoms with Crippen LogP contribution in [0.4, 0.5) is 0 Å². The van der Waals surface area contributed by atoms with Gasteiger partial charge in [-0.3, -0.25) is 4.79 Å². The van der Waals surface area contributed by atoms with Gasteiger partial charge in [0.15, 0.2) is 0 Å². The Morgan fingerprint density at radius 2 is 1.75 bits per heavy atom. The third kappa shape index (κ3) is 1.69. The number of Topliss-reactive ketones (excluding diaryl/α,β-unsaturated/α-hetero) is 1. The van der Waals surface area contributed by atoms with Gasteiger partial charge in [0.2, 0.25) is 0 Å². The molecule has 2 rings (SSSR count). The molecule has 1 aliphatic heterocycles. The molecule has 0 N–H and O–H groups in total. The zero-order chi connectivity index (χ0) is 8.55. The second-order valence-electron chi connectivity index (χ2n) is 4.15. The molecule has 2 fully saturated rings. The molecule has 0 radical (unpaired) electrons. The Bertz CT molecular complexity index is 178. The van der Waals surface area contributed by atoms with Gasteiger partial charge < -0.3 is 4.90 Å². The minimum absolute atomic E-state index is 0.375. The summed E-state index contributed by atoms with van der Waals surface area (Å²) >= 11 is 0. The molecule has 2 aliphatic rings. The van der Waals surface area contributed by atoms with E-state index < -0.39 is 0 Å². The van der Waals surface area contributed by atoms with E-state index in [-0.39, 0.29) is 0 Å². The van der Waals surface area contributed by atoms with Gasteiger partial charge in [0.25, 0.3) is 0 Å². The maximum absolute atomic E-state index is 11.1. The van der Waals surface area contributed by atoms with Crippen molar-refractivity contribution < 1.29 is 4.79 Å². The van der Waals surface area contributed by atoms with Crippen LogP contribution in [-0.4, -0.2) is 29.8 Å². The molecule has 12 heavy (non-hydrogen) atoms. The Morgan fingerprint density at radius 1 is 1.17 bits per heavy atom. The van der Waals surface area contributed by atoms with E-state index in [0.717, 1.165) is 32.0 Å². The molecule has 0 aromatic carbocycles. The lowest BCUT2D eigenvalue weighted by atomic mass is 9.93. The summed E-state index contributed by atoms with van der Waals surface area (Å²) in [4.78, 5) is 13.6. The first-order chi connectivity index (χ1) is 5.77. The zero-order valence-corrected chi connectivity index (χ0v) is 7.75. The Kier molecular flexibility index (Phi) is 2.18. The third-order valence-corrected chi connectivity index (χ3v) is 3.17. The number of carbonyl (C=O) groups is 1. The van der Waals surface area contributed by atoms with Crippen molar-refractivity contribution in [1.29, 1.82) is 0 Å². The summed E-state index contributed by atoms with van der Waals surface area (Å²) in [6.45, 7) is 4.06. The second-order valence-corrected chi connectivity index (χ2v) is 4.15. The normalized spacial score (nSPS) is 27.4. The predicted molar refractivity (Wildman–Crippen MR) is 48.0 cm³/mol. The summed E-state index contributed by atoms with van der Waals surface area (Å²) in [6, 6.07) is 0.887. The molecule has 0 spiro atoms. The maximum atomic E-state index is 11.1. The minimum Gasteiger partial charge on any atom is -0.300 e. The standard InChI is InChI=1S/C10H17NO/c1-8(12)9-4-6-11(7-5-9)10-2-3-10/h9-10H,2-7H2,1H3. The van der Waals surface area contributed by atoms with Crippen molar-refractivity contribution >= 4 is 5.78 Å². The number of hydrogen-bond acceptors (Lipinski definition) is 2. The summed E-state index contributed by atoms with van der Waals surface area (Å²) in [5.41, 5.74) is 0. The van der Waals surface area contributed by atoms with Gasteiger partial charge in [0, 0.05) is 12.0 Å². The monoisotopic (exact) mass is 167 g/mol. The van der Waals surface area contributed by atoms with Crippen LogP contribution < -0.4 is 0 Å². The average molecular weight is 167 g/mol. The van der Waals surface area contributed by atoms with Gasteiger partial charge in [0.05, 0.1) is 0 Å². The maximum Gasteiger partial charge on any atom is 0.133 e. The summed E-state index contributed by atoms with van der Waals surface area (Å²) in [7, 11) is 0. The molecule has 2 nitrogen and oxygen atoms in total. The van der Waals surface area contributed by atoms with Gasteiger partial charge in [-0.25, -0.2) is 0 Å². The lowest BCUT2D eigenvalue weighted by molar-refractivity contribution is -0.122. The molecule has 0 aromatic rings. The highest BCUT2D eigenvalue weighted by Gasteiger charge is 2.32. The van der Waals surface area contributed by atoms with Crippen LogP contribution in [-0.2, 0) is 4.79 Å². The topological polar surface area (TPSA) is 20.3 Å². The SMILES string of the molecule is CC(=O)C1CCN(C2CC2)CC1. The molecule has 2 heteroatoms. The van der Waals surface area contributed by atoms with Crippen LogP contribution in [0.25, 0.3) is 0 Å². The largest absolute Gasteiger partial charge is 0.300 e. The smallest absolute Gasteiger partial charge is 0.133 e. The van der Waals surface area contributed by atoms with Gasteiger partial charge in [-0.15, -0.1) is 0 Å². The number of nitrogens with zero attached hydrogens (tertiary/aromatic N) is 1. The van der Waals surface area contributed by atoms with Gasteiger partial charge in [-0.2, -0.15) is 0 Å². The number of likely N-dealkylation sites (tertiary alicyclic amines) is 1. The molecule has 1 saturated carbocycles. The predicted octanol–water partition coefficient (Wildman–Crippen LogP) is 1.45. The van der Waals surface area contributed by atoms with Crippen LogP contribution in [0.1, 0.15) is 32.6 Å². The van der Waals surface area contributed by atoms with Crippen LogP contribution in [0.2, 0.25) is 0 Å². The van der Waals surface area contributed by atoms with E-state index in [0.29, 0.717) is 11.7 Å². The number of piperidine rings is 1. The van der Waals surface area contributed by atoms with Crippen LogP contribution in [0.3, 0.4) is 0 Å². The van der Waals surface area contributed by atoms with E-state index in [4.69, 9.17) is 0 Å². The zero-order valence-electron chi connectivity index (χ0n) is 7.75. The van der Waals surface area contributed by atoms with E-state index in [1.54, 1.807) is 6.92 Å². The molecule has 1 aliphatic carbocycles. The first kappa shape index (κ1) is 8.24. The van der Waals surface area contributed by atoms with E-state index in [9.17, 15) is 4.79 Å². The number of hydrogen-bond donors (Lipinski definition) is 0. The first-order valence-electron chi connectivity index (χ1n) is 5.02. The first-order valence-corrected chi connectivity index (χ1v) is 5.02. The Labute approximate surface area is 73.9 Å². The third-order valence-electron chi connectivity index (χ3n) is 3.17. The number of ketones is 1. The molecule has 0 atom stereocenters. The Balaban J connectivity index is 1.80. The van der Waals surface area contributed by atoms with Crippen LogP contribution >= 0.6 is 0 Å². The molecule has 0 aromatic heterocycles. The van der Waals surface area contributed by atoms with Crippen LogP contribution in [0.5, 0.6) is 0 Å². The summed E-state index contributed by atoms with van der Waals surface area (Å²) < 4.78 is 0. The van der Waals surface area contributed by atoms with Gasteiger partial charge in [0.1, 0.15) is 5.78 Å². The molecule has 68 valence electrons. The summed E-state index contributed by atoms with van der Waals surface area (Å²) in [5.74, 6) is 0.769. The van der Waals surface area contributed by atoms with Crippen molar-refractivity contribution in [1.82, 2.24) is 4.90 Å². The Morgan fingerprint density at radius 3 is 2.17 bits per heavy atom. The summed E-state index contributed by atoms with van der Waals surface area (Å²) in [6.07, 6.45) is 4.99. The fourth-order valence-electron chi connectivity index (χ4n) is 2.11. The molecule has 0 amide bonds. The van der Waals surface area contributed by atoms with Crippen molar-refractivity contribution in [2.75, 3.05) is 13.1 Å². The molecule has 0 unspecified atom stereocenters. The molecule has 1 heterocycles. The van der Waals surface area contributed by atoms with E-state index >= 15 is 0 Å². The van der Waals surface area contributed by atoms with Crippen LogP contribution in [0.15, 0.2) is 0 Å². The van der Waals surface area contributed by atoms with Crippen molar-refractivity contribution in [3.63, 3.8) is 0 Å². The van der Waals surface area contributed by atoms with Crippen LogP contribution in [0, 0.1) is 5.92 Å². The fourth-order valence-corrected chi connectivity index (χ4v) is 2.11. The second kappa shape index (κ2) is 3.17. The fraction of sp³-hybridized carbons (Fsp3) is 0.900. The van der Waals surface area contributed by atoms with Crippen molar-refractivity contribution in [2.24, 2.45) is 5.92 Å². The van der Waals surface area contributed by atoms with Crippen molar-refractivity contribution in [2.45, 2.75) is 38.6 Å². The quantitative estimate of drug-likeness (QED) is 0.620.